The third kappa shape index (κ3) is 4.45. The molecule has 7 rings (SSSR count). The van der Waals surface area contributed by atoms with Crippen LogP contribution in [0.4, 0.5) is 0 Å². The van der Waals surface area contributed by atoms with Gasteiger partial charge < -0.3 is 5.11 Å². The van der Waals surface area contributed by atoms with Crippen molar-refractivity contribution in [1.82, 2.24) is 4.90 Å². The Hall–Kier alpha value is -4.84. The zero-order chi connectivity index (χ0) is 33.2. The number of carbonyl (C=O) groups excluding carboxylic acids is 4. The first kappa shape index (κ1) is 30.8. The van der Waals surface area contributed by atoms with Crippen LogP contribution in [-0.2, 0) is 31.0 Å². The molecule has 3 aliphatic carbocycles. The highest BCUT2D eigenvalue weighted by Gasteiger charge is 2.66. The fourth-order valence-corrected chi connectivity index (χ4v) is 9.04. The van der Waals surface area contributed by atoms with Gasteiger partial charge in [0.05, 0.1) is 17.3 Å². The number of allylic oxidation sites excluding steroid dienone is 5. The monoisotopic (exact) mass is 625 g/mol. The van der Waals surface area contributed by atoms with Gasteiger partial charge in [-0.3, -0.25) is 24.1 Å². The Bertz CT molecular complexity index is 1880. The van der Waals surface area contributed by atoms with E-state index in [1.807, 2.05) is 106 Å². The number of imide groups is 1. The van der Waals surface area contributed by atoms with Crippen LogP contribution in [0.3, 0.4) is 0 Å². The van der Waals surface area contributed by atoms with Crippen LogP contribution in [-0.4, -0.2) is 38.9 Å². The van der Waals surface area contributed by atoms with Crippen LogP contribution in [0.5, 0.6) is 5.75 Å². The molecule has 6 unspecified atom stereocenters. The SMILES string of the molecule is C=CCc1cccc(C2C3=CCC4C(=O)N(C(C)(C)C)C(=O)C4C3CC3C(=O)C(c4ccccc4)=CC(=O)C32c2ccccc2)c1O. The average Bonchev–Trinajstić information content (AvgIpc) is 3.33. The van der Waals surface area contributed by atoms with Gasteiger partial charge in [-0.15, -0.1) is 6.58 Å². The Morgan fingerprint density at radius 2 is 1.57 bits per heavy atom. The van der Waals surface area contributed by atoms with Gasteiger partial charge in [0.1, 0.15) is 5.75 Å². The number of fused-ring (bicyclic) bond motifs is 4. The van der Waals surface area contributed by atoms with Gasteiger partial charge in [0.2, 0.25) is 11.8 Å². The molecule has 2 fully saturated rings. The number of Topliss-reactive ketones (excluding diaryl/α,β-unsaturated/α-hetero) is 1. The molecular formula is C41H39NO5. The zero-order valence-electron chi connectivity index (χ0n) is 27.0. The van der Waals surface area contributed by atoms with Gasteiger partial charge in [-0.2, -0.15) is 0 Å². The van der Waals surface area contributed by atoms with Crippen molar-refractivity contribution >= 4 is 29.0 Å². The van der Waals surface area contributed by atoms with Crippen molar-refractivity contribution in [2.75, 3.05) is 0 Å². The van der Waals surface area contributed by atoms with Crippen LogP contribution >= 0.6 is 0 Å². The van der Waals surface area contributed by atoms with E-state index in [1.165, 1.54) is 11.0 Å². The van der Waals surface area contributed by atoms with E-state index in [0.29, 0.717) is 40.7 Å². The zero-order valence-corrected chi connectivity index (χ0v) is 27.0. The van der Waals surface area contributed by atoms with E-state index in [4.69, 9.17) is 0 Å². The molecule has 6 nitrogen and oxygen atoms in total. The Morgan fingerprint density at radius 3 is 2.23 bits per heavy atom. The maximum Gasteiger partial charge on any atom is 0.234 e. The number of aromatic hydroxyl groups is 1. The van der Waals surface area contributed by atoms with Crippen LogP contribution < -0.4 is 0 Å². The number of hydrogen-bond acceptors (Lipinski definition) is 5. The summed E-state index contributed by atoms with van der Waals surface area (Å²) >= 11 is 0. The van der Waals surface area contributed by atoms with Crippen LogP contribution in [0.2, 0.25) is 0 Å². The van der Waals surface area contributed by atoms with Crippen molar-refractivity contribution in [2.45, 2.75) is 56.9 Å². The third-order valence-corrected chi connectivity index (χ3v) is 10.9. The minimum absolute atomic E-state index is 0.0540. The predicted molar refractivity (Wildman–Crippen MR) is 180 cm³/mol. The third-order valence-electron chi connectivity index (χ3n) is 10.9. The molecule has 0 aromatic heterocycles. The molecule has 1 heterocycles. The smallest absolute Gasteiger partial charge is 0.234 e. The summed E-state index contributed by atoms with van der Waals surface area (Å²) in [6.45, 7) is 9.46. The van der Waals surface area contributed by atoms with Gasteiger partial charge >= 0.3 is 0 Å². The van der Waals surface area contributed by atoms with Gasteiger partial charge in [0.25, 0.3) is 0 Å². The van der Waals surface area contributed by atoms with Crippen molar-refractivity contribution < 1.29 is 24.3 Å². The number of amides is 2. The summed E-state index contributed by atoms with van der Waals surface area (Å²) < 4.78 is 0. The second-order valence-corrected chi connectivity index (χ2v) is 14.3. The average molecular weight is 626 g/mol. The molecule has 0 radical (unpaired) electrons. The molecular weight excluding hydrogens is 586 g/mol. The molecule has 6 atom stereocenters. The van der Waals surface area contributed by atoms with E-state index in [1.54, 1.807) is 6.08 Å². The maximum absolute atomic E-state index is 15.1. The van der Waals surface area contributed by atoms with E-state index in [2.05, 4.69) is 6.58 Å². The molecule has 1 saturated carbocycles. The number of ketones is 2. The quantitative estimate of drug-likeness (QED) is 0.250. The number of phenolic OH excluding ortho intramolecular Hbond substituents is 1. The number of nitrogens with zero attached hydrogens (tertiary/aromatic N) is 1. The normalized spacial score (nSPS) is 28.7. The Labute approximate surface area is 275 Å². The van der Waals surface area contributed by atoms with E-state index in [9.17, 15) is 19.5 Å². The summed E-state index contributed by atoms with van der Waals surface area (Å²) in [6.07, 6.45) is 6.24. The fraction of sp³-hybridized carbons (Fsp3) is 0.317. The minimum atomic E-state index is -1.38. The lowest BCUT2D eigenvalue weighted by Gasteiger charge is -2.55. The van der Waals surface area contributed by atoms with Crippen molar-refractivity contribution in [3.05, 3.63) is 131 Å². The highest BCUT2D eigenvalue weighted by Crippen LogP contribution is 2.64. The molecule has 4 aliphatic rings. The Kier molecular flexibility index (Phi) is 7.31. The summed E-state index contributed by atoms with van der Waals surface area (Å²) in [5, 5.41) is 11.9. The van der Waals surface area contributed by atoms with Crippen LogP contribution in [0.15, 0.2) is 109 Å². The van der Waals surface area contributed by atoms with Crippen molar-refractivity contribution in [3.63, 3.8) is 0 Å². The van der Waals surface area contributed by atoms with Gasteiger partial charge in [-0.1, -0.05) is 96.6 Å². The fourth-order valence-electron chi connectivity index (χ4n) is 9.04. The molecule has 1 saturated heterocycles. The molecule has 2 amide bonds. The summed E-state index contributed by atoms with van der Waals surface area (Å²) in [6, 6.07) is 24.2. The van der Waals surface area contributed by atoms with E-state index < -0.39 is 40.5 Å². The number of carbonyl (C=O) groups is 4. The molecule has 3 aromatic carbocycles. The number of para-hydroxylation sites is 1. The lowest BCUT2D eigenvalue weighted by atomic mass is 9.44. The number of hydrogen-bond donors (Lipinski definition) is 1. The van der Waals surface area contributed by atoms with Crippen molar-refractivity contribution in [3.8, 4) is 5.75 Å². The molecule has 3 aromatic rings. The first-order valence-electron chi connectivity index (χ1n) is 16.4. The first-order valence-corrected chi connectivity index (χ1v) is 16.4. The molecule has 6 heteroatoms. The largest absolute Gasteiger partial charge is 0.507 e. The van der Waals surface area contributed by atoms with Gasteiger partial charge in [0, 0.05) is 28.5 Å². The van der Waals surface area contributed by atoms with Crippen molar-refractivity contribution in [1.29, 1.82) is 0 Å². The number of benzene rings is 3. The molecule has 238 valence electrons. The summed E-state index contributed by atoms with van der Waals surface area (Å²) in [4.78, 5) is 59.6. The second kappa shape index (κ2) is 11.2. The highest BCUT2D eigenvalue weighted by atomic mass is 16.3. The lowest BCUT2D eigenvalue weighted by Crippen LogP contribution is -2.59. The molecule has 0 bridgehead atoms. The summed E-state index contributed by atoms with van der Waals surface area (Å²) in [7, 11) is 0. The van der Waals surface area contributed by atoms with E-state index >= 15 is 4.79 Å². The molecule has 0 spiro atoms. The lowest BCUT2D eigenvalue weighted by molar-refractivity contribution is -0.145. The van der Waals surface area contributed by atoms with Gasteiger partial charge in [-0.05, 0) is 68.7 Å². The van der Waals surface area contributed by atoms with Crippen LogP contribution in [0.25, 0.3) is 5.57 Å². The standard InChI is InChI=1S/C41H39NO5/c1-5-13-25-16-12-19-29(36(25)44)35-27-20-21-28-34(39(47)42(38(28)46)40(2,3)4)31(27)22-32-37(45)30(24-14-8-6-9-15-24)23-33(43)41(32,35)26-17-10-7-11-18-26/h5-12,14-20,23,28,31-32,34-35,44H,1,13,21-22H2,2-4H3. The number of rotatable bonds is 5. The molecule has 1 aliphatic heterocycles. The number of phenols is 1. The van der Waals surface area contributed by atoms with Gasteiger partial charge in [0.15, 0.2) is 11.6 Å². The Morgan fingerprint density at radius 1 is 0.894 bits per heavy atom. The first-order chi connectivity index (χ1) is 22.5. The topological polar surface area (TPSA) is 91.8 Å². The second-order valence-electron chi connectivity index (χ2n) is 14.3. The molecule has 47 heavy (non-hydrogen) atoms. The van der Waals surface area contributed by atoms with Gasteiger partial charge in [-0.25, -0.2) is 0 Å². The van der Waals surface area contributed by atoms with Crippen LogP contribution in [0.1, 0.15) is 61.8 Å². The van der Waals surface area contributed by atoms with E-state index in [0.717, 1.165) is 5.57 Å². The molecule has 1 N–H and O–H groups in total. The van der Waals surface area contributed by atoms with Crippen molar-refractivity contribution in [2.24, 2.45) is 23.7 Å². The minimum Gasteiger partial charge on any atom is -0.507 e. The maximum atomic E-state index is 15.1. The summed E-state index contributed by atoms with van der Waals surface area (Å²) in [5.41, 5.74) is 1.65. The number of likely N-dealkylation sites (tertiary alicyclic amines) is 1. The highest BCUT2D eigenvalue weighted by molar-refractivity contribution is 6.31. The predicted octanol–water partition coefficient (Wildman–Crippen LogP) is 6.74. The Balaban J connectivity index is 1.52. The van der Waals surface area contributed by atoms with Crippen LogP contribution in [0, 0.1) is 23.7 Å². The summed E-state index contributed by atoms with van der Waals surface area (Å²) in [5.74, 6) is -4.02. The van der Waals surface area contributed by atoms with E-state index in [-0.39, 0.29) is 35.6 Å².